The molecule has 0 aromatic heterocycles. The minimum absolute atomic E-state index is 0.523. The zero-order valence-corrected chi connectivity index (χ0v) is 17.9. The summed E-state index contributed by atoms with van der Waals surface area (Å²) < 4.78 is 12.2. The quantitative estimate of drug-likeness (QED) is 0.569. The highest BCUT2D eigenvalue weighted by Crippen LogP contribution is 2.43. The van der Waals surface area contributed by atoms with Crippen molar-refractivity contribution in [3.8, 4) is 11.8 Å². The van der Waals surface area contributed by atoms with Gasteiger partial charge in [0, 0.05) is 13.2 Å². The first-order valence-electron chi connectivity index (χ1n) is 10.8. The van der Waals surface area contributed by atoms with Gasteiger partial charge in [0.05, 0.1) is 6.07 Å². The second kappa shape index (κ2) is 9.34. The zero-order valence-electron chi connectivity index (χ0n) is 17.9. The highest BCUT2D eigenvalue weighted by molar-refractivity contribution is 5.37. The normalized spacial score (nSPS) is 23.1. The van der Waals surface area contributed by atoms with Crippen molar-refractivity contribution in [1.82, 2.24) is 5.32 Å². The number of nitrogens with zero attached hydrogens (tertiary/aromatic N) is 1. The van der Waals surface area contributed by atoms with Crippen LogP contribution in [0.5, 0.6) is 5.75 Å². The molecule has 3 aromatic rings. The van der Waals surface area contributed by atoms with Crippen LogP contribution in [-0.4, -0.2) is 12.1 Å². The Morgan fingerprint density at radius 2 is 1.58 bits per heavy atom. The van der Waals surface area contributed by atoms with Crippen molar-refractivity contribution in [2.75, 3.05) is 6.61 Å². The number of nitrogens with one attached hydrogen (secondary N) is 1. The second-order valence-corrected chi connectivity index (χ2v) is 8.14. The van der Waals surface area contributed by atoms with E-state index in [1.807, 2.05) is 79.7 Å². The highest BCUT2D eigenvalue weighted by Gasteiger charge is 2.52. The van der Waals surface area contributed by atoms with Gasteiger partial charge in [0.25, 0.3) is 0 Å². The van der Waals surface area contributed by atoms with Crippen LogP contribution in [0.25, 0.3) is 0 Å². The van der Waals surface area contributed by atoms with Crippen LogP contribution in [0.4, 0.5) is 0 Å². The van der Waals surface area contributed by atoms with E-state index in [-0.39, 0.29) is 0 Å². The Morgan fingerprint density at radius 1 is 0.935 bits per heavy atom. The van der Waals surface area contributed by atoms with E-state index in [2.05, 4.69) is 23.5 Å². The minimum atomic E-state index is -0.812. The third-order valence-electron chi connectivity index (χ3n) is 6.18. The molecule has 0 aliphatic carbocycles. The maximum atomic E-state index is 10.3. The van der Waals surface area contributed by atoms with Crippen LogP contribution in [0, 0.1) is 11.3 Å². The van der Waals surface area contributed by atoms with Crippen LogP contribution in [0.1, 0.15) is 36.5 Å². The van der Waals surface area contributed by atoms with E-state index in [9.17, 15) is 5.26 Å². The minimum Gasteiger partial charge on any atom is -0.489 e. The van der Waals surface area contributed by atoms with Gasteiger partial charge in [0.1, 0.15) is 23.5 Å². The third-order valence-corrected chi connectivity index (χ3v) is 6.18. The first kappa shape index (κ1) is 21.1. The van der Waals surface area contributed by atoms with E-state index >= 15 is 0 Å². The summed E-state index contributed by atoms with van der Waals surface area (Å²) >= 11 is 0. The van der Waals surface area contributed by atoms with Gasteiger partial charge < -0.3 is 9.47 Å². The second-order valence-electron chi connectivity index (χ2n) is 8.14. The summed E-state index contributed by atoms with van der Waals surface area (Å²) in [5, 5.41) is 13.8. The molecule has 0 spiro atoms. The topological polar surface area (TPSA) is 54.3 Å². The van der Waals surface area contributed by atoms with Crippen LogP contribution in [0.15, 0.2) is 84.9 Å². The molecule has 4 heteroatoms. The van der Waals surface area contributed by atoms with Gasteiger partial charge >= 0.3 is 0 Å². The van der Waals surface area contributed by atoms with Crippen molar-refractivity contribution in [1.29, 1.82) is 5.26 Å². The Morgan fingerprint density at radius 3 is 2.23 bits per heavy atom. The van der Waals surface area contributed by atoms with E-state index in [0.717, 1.165) is 35.3 Å². The van der Waals surface area contributed by atoms with Crippen molar-refractivity contribution in [3.63, 3.8) is 0 Å². The van der Waals surface area contributed by atoms with Gasteiger partial charge in [-0.15, -0.1) is 0 Å². The number of benzene rings is 3. The Hall–Kier alpha value is -3.13. The van der Waals surface area contributed by atoms with Crippen LogP contribution >= 0.6 is 0 Å². The van der Waals surface area contributed by atoms with Crippen molar-refractivity contribution in [2.24, 2.45) is 0 Å². The number of rotatable bonds is 7. The lowest BCUT2D eigenvalue weighted by atomic mass is 9.72. The molecule has 2 unspecified atom stereocenters. The van der Waals surface area contributed by atoms with E-state index in [1.165, 1.54) is 0 Å². The van der Waals surface area contributed by atoms with E-state index in [4.69, 9.17) is 9.47 Å². The predicted molar refractivity (Wildman–Crippen MR) is 121 cm³/mol. The van der Waals surface area contributed by atoms with Crippen molar-refractivity contribution in [3.05, 3.63) is 102 Å². The standard InChI is InChI=1S/C27H28N2O2/c1-26(24-13-15-25(16-14-24)30-20-23-11-6-3-7-12-23)27(21-28,17-8-18-31-26)29-19-22-9-4-2-5-10-22/h2-7,9-16,29H,8,17-20H2,1H3. The van der Waals surface area contributed by atoms with E-state index < -0.39 is 11.1 Å². The Bertz CT molecular complexity index is 1010. The first-order chi connectivity index (χ1) is 15.2. The molecule has 0 saturated carbocycles. The average molecular weight is 413 g/mol. The molecular weight excluding hydrogens is 384 g/mol. The first-order valence-corrected chi connectivity index (χ1v) is 10.8. The van der Waals surface area contributed by atoms with Crippen molar-refractivity contribution < 1.29 is 9.47 Å². The molecule has 0 bridgehead atoms. The Balaban J connectivity index is 1.52. The lowest BCUT2D eigenvalue weighted by Crippen LogP contribution is -2.62. The Labute approximate surface area is 184 Å². The van der Waals surface area contributed by atoms with Gasteiger partial charge in [-0.1, -0.05) is 72.8 Å². The number of ether oxygens (including phenoxy) is 2. The summed E-state index contributed by atoms with van der Waals surface area (Å²) in [5.74, 6) is 0.798. The molecule has 31 heavy (non-hydrogen) atoms. The largest absolute Gasteiger partial charge is 0.489 e. The van der Waals surface area contributed by atoms with Crippen LogP contribution < -0.4 is 10.1 Å². The molecule has 1 fully saturated rings. The van der Waals surface area contributed by atoms with Crippen LogP contribution in [-0.2, 0) is 23.5 Å². The molecule has 1 aliphatic heterocycles. The molecule has 0 radical (unpaired) electrons. The van der Waals surface area contributed by atoms with Crippen LogP contribution in [0.3, 0.4) is 0 Å². The summed E-state index contributed by atoms with van der Waals surface area (Å²) in [6, 6.07) is 30.8. The molecule has 1 saturated heterocycles. The predicted octanol–water partition coefficient (Wildman–Crippen LogP) is 5.34. The van der Waals surface area contributed by atoms with Gasteiger partial charge in [-0.05, 0) is 48.6 Å². The lowest BCUT2D eigenvalue weighted by molar-refractivity contribution is -0.120. The fourth-order valence-corrected chi connectivity index (χ4v) is 4.22. The van der Waals surface area contributed by atoms with Gasteiger partial charge in [0.15, 0.2) is 0 Å². The molecule has 2 atom stereocenters. The number of hydrogen-bond donors (Lipinski definition) is 1. The molecule has 3 aromatic carbocycles. The maximum Gasteiger partial charge on any atom is 0.140 e. The van der Waals surface area contributed by atoms with Gasteiger partial charge in [0.2, 0.25) is 0 Å². The van der Waals surface area contributed by atoms with Gasteiger partial charge in [-0.3, -0.25) is 5.32 Å². The van der Waals surface area contributed by atoms with Gasteiger partial charge in [-0.25, -0.2) is 0 Å². The van der Waals surface area contributed by atoms with Crippen molar-refractivity contribution >= 4 is 0 Å². The highest BCUT2D eigenvalue weighted by atomic mass is 16.5. The number of hydrogen-bond acceptors (Lipinski definition) is 4. The zero-order chi connectivity index (χ0) is 21.6. The molecule has 1 heterocycles. The lowest BCUT2D eigenvalue weighted by Gasteiger charge is -2.48. The maximum absolute atomic E-state index is 10.3. The fraction of sp³-hybridized carbons (Fsp3) is 0.296. The average Bonchev–Trinajstić information content (AvgIpc) is 2.84. The van der Waals surface area contributed by atoms with Gasteiger partial charge in [-0.2, -0.15) is 5.26 Å². The smallest absolute Gasteiger partial charge is 0.140 e. The number of nitriles is 1. The molecule has 4 rings (SSSR count). The summed E-state index contributed by atoms with van der Waals surface area (Å²) in [4.78, 5) is 0. The molecule has 158 valence electrons. The third kappa shape index (κ3) is 4.49. The summed E-state index contributed by atoms with van der Waals surface area (Å²) in [6.45, 7) is 3.80. The summed E-state index contributed by atoms with van der Waals surface area (Å²) in [6.07, 6.45) is 1.59. The molecule has 1 N–H and O–H groups in total. The van der Waals surface area contributed by atoms with E-state index in [0.29, 0.717) is 19.8 Å². The van der Waals surface area contributed by atoms with Crippen molar-refractivity contribution in [2.45, 2.75) is 44.1 Å². The monoisotopic (exact) mass is 412 g/mol. The van der Waals surface area contributed by atoms with Crippen LogP contribution in [0.2, 0.25) is 0 Å². The fourth-order valence-electron chi connectivity index (χ4n) is 4.22. The Kier molecular flexibility index (Phi) is 6.36. The molecule has 0 amide bonds. The molecule has 1 aliphatic rings. The van der Waals surface area contributed by atoms with E-state index in [1.54, 1.807) is 0 Å². The summed E-state index contributed by atoms with van der Waals surface area (Å²) in [5.41, 5.74) is 1.68. The SMILES string of the molecule is CC1(c2ccc(OCc3ccccc3)cc2)OCCCC1(C#N)NCc1ccccc1. The summed E-state index contributed by atoms with van der Waals surface area (Å²) in [7, 11) is 0. The molecule has 4 nitrogen and oxygen atoms in total. The molecular formula is C27H28N2O2.